The largest absolute Gasteiger partial charge is 0.368 e. The standard InChI is InChI=1S/C24H33N5O.HI/c1-3-4-14-26-23(30)21-12-10-20(11-13-21)19-27-24(25-2)29-17-15-28(16-18-29)22-8-6-5-7-9-22;/h5-13H,3-4,14-19H2,1-2H3,(H,25,27)(H,26,30);1H. The summed E-state index contributed by atoms with van der Waals surface area (Å²) in [5.41, 5.74) is 3.11. The second-order valence-electron chi connectivity index (χ2n) is 7.52. The van der Waals surface area contributed by atoms with Crippen LogP contribution in [0.15, 0.2) is 59.6 Å². The van der Waals surface area contributed by atoms with Gasteiger partial charge in [-0.2, -0.15) is 0 Å². The van der Waals surface area contributed by atoms with Crippen LogP contribution in [-0.2, 0) is 6.54 Å². The molecule has 3 rings (SSSR count). The molecule has 1 amide bonds. The molecule has 0 bridgehead atoms. The van der Waals surface area contributed by atoms with Gasteiger partial charge < -0.3 is 20.4 Å². The molecular formula is C24H34IN5O. The van der Waals surface area contributed by atoms with Gasteiger partial charge >= 0.3 is 0 Å². The van der Waals surface area contributed by atoms with Crippen LogP contribution in [0.25, 0.3) is 0 Å². The van der Waals surface area contributed by atoms with Crippen molar-refractivity contribution in [2.45, 2.75) is 26.3 Å². The van der Waals surface area contributed by atoms with Crippen LogP contribution in [0.4, 0.5) is 5.69 Å². The molecule has 1 saturated heterocycles. The molecule has 0 spiro atoms. The lowest BCUT2D eigenvalue weighted by atomic mass is 10.1. The van der Waals surface area contributed by atoms with E-state index in [1.54, 1.807) is 0 Å². The molecule has 0 unspecified atom stereocenters. The Balaban J connectivity index is 0.00000341. The zero-order chi connectivity index (χ0) is 21.2. The fraction of sp³-hybridized carbons (Fsp3) is 0.417. The van der Waals surface area contributed by atoms with Gasteiger partial charge in [-0.1, -0.05) is 43.7 Å². The van der Waals surface area contributed by atoms with Crippen molar-refractivity contribution in [3.8, 4) is 0 Å². The maximum Gasteiger partial charge on any atom is 0.251 e. The maximum atomic E-state index is 12.1. The van der Waals surface area contributed by atoms with Crippen LogP contribution in [0.1, 0.15) is 35.7 Å². The molecule has 6 nitrogen and oxygen atoms in total. The highest BCUT2D eigenvalue weighted by molar-refractivity contribution is 14.0. The topological polar surface area (TPSA) is 60.0 Å². The Bertz CT molecular complexity index is 818. The molecule has 0 aromatic heterocycles. The molecule has 7 heteroatoms. The van der Waals surface area contributed by atoms with Crippen LogP contribution in [0.3, 0.4) is 0 Å². The number of halogens is 1. The number of aliphatic imine (C=N–C) groups is 1. The van der Waals surface area contributed by atoms with E-state index in [1.807, 2.05) is 31.3 Å². The zero-order valence-corrected chi connectivity index (χ0v) is 20.8. The summed E-state index contributed by atoms with van der Waals surface area (Å²) in [6.45, 7) is 7.36. The first-order chi connectivity index (χ1) is 14.7. The molecule has 2 aromatic carbocycles. The number of carbonyl (C=O) groups is 1. The van der Waals surface area contributed by atoms with E-state index in [9.17, 15) is 4.79 Å². The summed E-state index contributed by atoms with van der Waals surface area (Å²) in [6, 6.07) is 18.3. The van der Waals surface area contributed by atoms with Crippen LogP contribution >= 0.6 is 24.0 Å². The molecule has 0 atom stereocenters. The van der Waals surface area contributed by atoms with Crippen molar-refractivity contribution in [2.75, 3.05) is 44.7 Å². The SMILES string of the molecule is CCCCNC(=O)c1ccc(CNC(=NC)N2CCN(c3ccccc3)CC2)cc1.I. The van der Waals surface area contributed by atoms with Gasteiger partial charge in [-0.3, -0.25) is 9.79 Å². The lowest BCUT2D eigenvalue weighted by Gasteiger charge is -2.37. The fourth-order valence-electron chi connectivity index (χ4n) is 3.58. The molecule has 168 valence electrons. The highest BCUT2D eigenvalue weighted by Gasteiger charge is 2.19. The summed E-state index contributed by atoms with van der Waals surface area (Å²) in [5, 5.41) is 6.41. The minimum atomic E-state index is -0.00458. The van der Waals surface area contributed by atoms with E-state index in [0.717, 1.165) is 57.1 Å². The number of nitrogens with one attached hydrogen (secondary N) is 2. The number of piperazine rings is 1. The van der Waals surface area contributed by atoms with Crippen LogP contribution in [0, 0.1) is 0 Å². The number of hydrogen-bond donors (Lipinski definition) is 2. The van der Waals surface area contributed by atoms with Gasteiger partial charge in [0.25, 0.3) is 5.91 Å². The molecule has 1 aliphatic heterocycles. The number of nitrogens with zero attached hydrogens (tertiary/aromatic N) is 3. The Kier molecular flexibility index (Phi) is 10.6. The van der Waals surface area contributed by atoms with Crippen molar-refractivity contribution in [1.82, 2.24) is 15.5 Å². The van der Waals surface area contributed by atoms with Gasteiger partial charge in [0.05, 0.1) is 0 Å². The quantitative estimate of drug-likeness (QED) is 0.246. The number of guanidine groups is 1. The van der Waals surface area contributed by atoms with E-state index < -0.39 is 0 Å². The number of benzene rings is 2. The van der Waals surface area contributed by atoms with Crippen molar-refractivity contribution >= 4 is 41.5 Å². The highest BCUT2D eigenvalue weighted by Crippen LogP contribution is 2.15. The van der Waals surface area contributed by atoms with Crippen LogP contribution in [0.2, 0.25) is 0 Å². The first-order valence-corrected chi connectivity index (χ1v) is 10.8. The minimum Gasteiger partial charge on any atom is -0.368 e. The smallest absolute Gasteiger partial charge is 0.251 e. The van der Waals surface area contributed by atoms with E-state index in [2.05, 4.69) is 62.7 Å². The van der Waals surface area contributed by atoms with E-state index >= 15 is 0 Å². The zero-order valence-electron chi connectivity index (χ0n) is 18.5. The van der Waals surface area contributed by atoms with Gasteiger partial charge in [0.2, 0.25) is 0 Å². The second kappa shape index (κ2) is 13.2. The molecular weight excluding hydrogens is 501 g/mol. The van der Waals surface area contributed by atoms with E-state index in [-0.39, 0.29) is 29.9 Å². The number of carbonyl (C=O) groups excluding carboxylic acids is 1. The Morgan fingerprint density at radius 3 is 2.26 bits per heavy atom. The van der Waals surface area contributed by atoms with Gasteiger partial charge in [0, 0.05) is 57.6 Å². The Morgan fingerprint density at radius 1 is 0.968 bits per heavy atom. The van der Waals surface area contributed by atoms with E-state index in [0.29, 0.717) is 12.1 Å². The molecule has 0 saturated carbocycles. The van der Waals surface area contributed by atoms with Crippen molar-refractivity contribution in [2.24, 2.45) is 4.99 Å². The van der Waals surface area contributed by atoms with E-state index in [4.69, 9.17) is 0 Å². The second-order valence-corrected chi connectivity index (χ2v) is 7.52. The summed E-state index contributed by atoms with van der Waals surface area (Å²) in [4.78, 5) is 21.3. The summed E-state index contributed by atoms with van der Waals surface area (Å²) in [5.74, 6) is 0.916. The molecule has 2 aromatic rings. The van der Waals surface area contributed by atoms with Gasteiger partial charge in [-0.05, 0) is 36.2 Å². The number of para-hydroxylation sites is 1. The van der Waals surface area contributed by atoms with Crippen molar-refractivity contribution in [3.05, 3.63) is 65.7 Å². The monoisotopic (exact) mass is 535 g/mol. The number of anilines is 1. The molecule has 0 radical (unpaired) electrons. The molecule has 1 heterocycles. The maximum absolute atomic E-state index is 12.1. The summed E-state index contributed by atoms with van der Waals surface area (Å²) in [6.07, 6.45) is 2.08. The average Bonchev–Trinajstić information content (AvgIpc) is 2.81. The third-order valence-corrected chi connectivity index (χ3v) is 5.39. The molecule has 31 heavy (non-hydrogen) atoms. The fourth-order valence-corrected chi connectivity index (χ4v) is 3.58. The molecule has 1 fully saturated rings. The summed E-state index contributed by atoms with van der Waals surface area (Å²) >= 11 is 0. The third-order valence-electron chi connectivity index (χ3n) is 5.39. The lowest BCUT2D eigenvalue weighted by molar-refractivity contribution is 0.0953. The number of hydrogen-bond acceptors (Lipinski definition) is 3. The Hall–Kier alpha value is -2.29. The van der Waals surface area contributed by atoms with Gasteiger partial charge in [-0.15, -0.1) is 24.0 Å². The number of amides is 1. The first-order valence-electron chi connectivity index (χ1n) is 10.8. The first kappa shape index (κ1) is 25.0. The Labute approximate surface area is 203 Å². The predicted octanol–water partition coefficient (Wildman–Crippen LogP) is 3.73. The highest BCUT2D eigenvalue weighted by atomic mass is 127. The van der Waals surface area contributed by atoms with Gasteiger partial charge in [-0.25, -0.2) is 0 Å². The number of unbranched alkanes of at least 4 members (excludes halogenated alkanes) is 1. The average molecular weight is 535 g/mol. The minimum absolute atomic E-state index is 0. The van der Waals surface area contributed by atoms with E-state index in [1.165, 1.54) is 5.69 Å². The van der Waals surface area contributed by atoms with Gasteiger partial charge in [0.1, 0.15) is 0 Å². The third kappa shape index (κ3) is 7.41. The van der Waals surface area contributed by atoms with Crippen molar-refractivity contribution < 1.29 is 4.79 Å². The molecule has 2 N–H and O–H groups in total. The molecule has 0 aliphatic carbocycles. The van der Waals surface area contributed by atoms with Crippen LogP contribution < -0.4 is 15.5 Å². The molecule has 1 aliphatic rings. The lowest BCUT2D eigenvalue weighted by Crippen LogP contribution is -2.52. The van der Waals surface area contributed by atoms with Crippen molar-refractivity contribution in [1.29, 1.82) is 0 Å². The Morgan fingerprint density at radius 2 is 1.65 bits per heavy atom. The predicted molar refractivity (Wildman–Crippen MR) is 140 cm³/mol. The summed E-state index contributed by atoms with van der Waals surface area (Å²) in [7, 11) is 1.83. The van der Waals surface area contributed by atoms with Crippen molar-refractivity contribution in [3.63, 3.8) is 0 Å². The summed E-state index contributed by atoms with van der Waals surface area (Å²) < 4.78 is 0. The normalized spacial score (nSPS) is 14.1. The van der Waals surface area contributed by atoms with Crippen LogP contribution in [0.5, 0.6) is 0 Å². The van der Waals surface area contributed by atoms with Gasteiger partial charge in [0.15, 0.2) is 5.96 Å². The number of rotatable bonds is 7. The van der Waals surface area contributed by atoms with Crippen LogP contribution in [-0.4, -0.2) is 56.5 Å².